The van der Waals surface area contributed by atoms with E-state index in [0.29, 0.717) is 12.6 Å². The Morgan fingerprint density at radius 2 is 2.29 bits per heavy atom. The van der Waals surface area contributed by atoms with Crippen molar-refractivity contribution >= 4 is 0 Å². The van der Waals surface area contributed by atoms with Crippen molar-refractivity contribution < 1.29 is 4.39 Å². The highest BCUT2D eigenvalue weighted by atomic mass is 19.1. The van der Waals surface area contributed by atoms with Gasteiger partial charge in [-0.25, -0.2) is 4.39 Å². The van der Waals surface area contributed by atoms with E-state index in [2.05, 4.69) is 11.9 Å². The first-order chi connectivity index (χ1) is 6.70. The number of hydrogen-bond acceptors (Lipinski definition) is 2. The standard InChI is InChI=1S/C11H15FN2/c1-14-7-8-2-3-10(12)4-9(8)5-11(14)6-13/h2-4,11H,5-7,13H2,1H3. The quantitative estimate of drug-likeness (QED) is 0.726. The van der Waals surface area contributed by atoms with Crippen LogP contribution in [0.15, 0.2) is 18.2 Å². The molecule has 3 heteroatoms. The monoisotopic (exact) mass is 194 g/mol. The van der Waals surface area contributed by atoms with Crippen LogP contribution in [-0.4, -0.2) is 24.5 Å². The van der Waals surface area contributed by atoms with Crippen LogP contribution in [0.4, 0.5) is 4.39 Å². The van der Waals surface area contributed by atoms with Gasteiger partial charge in [0.15, 0.2) is 0 Å². The molecule has 1 aliphatic heterocycles. The van der Waals surface area contributed by atoms with Gasteiger partial charge in [-0.3, -0.25) is 4.90 Å². The van der Waals surface area contributed by atoms with Gasteiger partial charge in [0, 0.05) is 19.1 Å². The number of halogens is 1. The normalized spacial score (nSPS) is 22.1. The lowest BCUT2D eigenvalue weighted by Crippen LogP contribution is -2.42. The Bertz CT molecular complexity index is 338. The minimum atomic E-state index is -0.149. The van der Waals surface area contributed by atoms with E-state index in [0.717, 1.165) is 18.5 Å². The van der Waals surface area contributed by atoms with Crippen LogP contribution in [0, 0.1) is 5.82 Å². The van der Waals surface area contributed by atoms with Crippen LogP contribution in [0.5, 0.6) is 0 Å². The molecular weight excluding hydrogens is 179 g/mol. The number of rotatable bonds is 1. The molecule has 76 valence electrons. The zero-order valence-electron chi connectivity index (χ0n) is 8.33. The van der Waals surface area contributed by atoms with Gasteiger partial charge in [-0.2, -0.15) is 0 Å². The molecule has 14 heavy (non-hydrogen) atoms. The molecule has 0 aromatic heterocycles. The fourth-order valence-corrected chi connectivity index (χ4v) is 2.01. The van der Waals surface area contributed by atoms with Gasteiger partial charge >= 0.3 is 0 Å². The summed E-state index contributed by atoms with van der Waals surface area (Å²) in [6.07, 6.45) is 0.861. The molecule has 1 aromatic carbocycles. The molecular formula is C11H15FN2. The molecule has 1 unspecified atom stereocenters. The maximum absolute atomic E-state index is 13.0. The number of nitrogens with two attached hydrogens (primary N) is 1. The summed E-state index contributed by atoms with van der Waals surface area (Å²) in [7, 11) is 2.06. The largest absolute Gasteiger partial charge is 0.329 e. The predicted octanol–water partition coefficient (Wildman–Crippen LogP) is 1.14. The molecule has 0 spiro atoms. The van der Waals surface area contributed by atoms with Gasteiger partial charge in [0.2, 0.25) is 0 Å². The lowest BCUT2D eigenvalue weighted by atomic mass is 9.94. The highest BCUT2D eigenvalue weighted by molar-refractivity contribution is 5.30. The van der Waals surface area contributed by atoms with Crippen molar-refractivity contribution in [1.29, 1.82) is 0 Å². The van der Waals surface area contributed by atoms with Gasteiger partial charge in [-0.05, 0) is 36.7 Å². The van der Waals surface area contributed by atoms with Crippen molar-refractivity contribution in [2.24, 2.45) is 5.73 Å². The van der Waals surface area contributed by atoms with Gasteiger partial charge in [-0.15, -0.1) is 0 Å². The molecule has 1 aliphatic rings. The molecule has 2 rings (SSSR count). The van der Waals surface area contributed by atoms with Crippen LogP contribution in [0.2, 0.25) is 0 Å². The summed E-state index contributed by atoms with van der Waals surface area (Å²) in [5, 5.41) is 0. The van der Waals surface area contributed by atoms with E-state index in [1.807, 2.05) is 6.07 Å². The molecule has 1 atom stereocenters. The second-order valence-corrected chi connectivity index (χ2v) is 3.92. The maximum Gasteiger partial charge on any atom is 0.123 e. The average molecular weight is 194 g/mol. The molecule has 0 aliphatic carbocycles. The van der Waals surface area contributed by atoms with Crippen molar-refractivity contribution in [1.82, 2.24) is 4.90 Å². The van der Waals surface area contributed by atoms with Crippen molar-refractivity contribution in [3.05, 3.63) is 35.1 Å². The Morgan fingerprint density at radius 1 is 1.50 bits per heavy atom. The molecule has 0 saturated heterocycles. The lowest BCUT2D eigenvalue weighted by Gasteiger charge is -2.33. The number of hydrogen-bond donors (Lipinski definition) is 1. The van der Waals surface area contributed by atoms with Crippen LogP contribution in [0.1, 0.15) is 11.1 Å². The second kappa shape index (κ2) is 3.67. The fraction of sp³-hybridized carbons (Fsp3) is 0.455. The molecule has 2 nitrogen and oxygen atoms in total. The average Bonchev–Trinajstić information content (AvgIpc) is 2.17. The Hall–Kier alpha value is -0.930. The van der Waals surface area contributed by atoms with Gasteiger partial charge in [0.1, 0.15) is 5.82 Å². The predicted molar refractivity (Wildman–Crippen MR) is 54.4 cm³/mol. The minimum absolute atomic E-state index is 0.149. The number of fused-ring (bicyclic) bond motifs is 1. The van der Waals surface area contributed by atoms with Gasteiger partial charge in [0.05, 0.1) is 0 Å². The van der Waals surface area contributed by atoms with Crippen molar-refractivity contribution in [3.63, 3.8) is 0 Å². The fourth-order valence-electron chi connectivity index (χ4n) is 2.01. The number of nitrogens with zero attached hydrogens (tertiary/aromatic N) is 1. The second-order valence-electron chi connectivity index (χ2n) is 3.92. The van der Waals surface area contributed by atoms with E-state index in [4.69, 9.17) is 5.73 Å². The molecule has 0 saturated carbocycles. The third-order valence-corrected chi connectivity index (χ3v) is 2.94. The first-order valence-corrected chi connectivity index (χ1v) is 4.88. The maximum atomic E-state index is 13.0. The van der Waals surface area contributed by atoms with Gasteiger partial charge in [0.25, 0.3) is 0 Å². The summed E-state index contributed by atoms with van der Waals surface area (Å²) in [5.74, 6) is -0.149. The summed E-state index contributed by atoms with van der Waals surface area (Å²) in [6, 6.07) is 5.37. The Balaban J connectivity index is 2.31. The highest BCUT2D eigenvalue weighted by Gasteiger charge is 2.21. The highest BCUT2D eigenvalue weighted by Crippen LogP contribution is 2.22. The topological polar surface area (TPSA) is 29.3 Å². The van der Waals surface area contributed by atoms with Crippen LogP contribution >= 0.6 is 0 Å². The summed E-state index contributed by atoms with van der Waals surface area (Å²) in [5.41, 5.74) is 7.98. The van der Waals surface area contributed by atoms with Crippen molar-refractivity contribution in [2.75, 3.05) is 13.6 Å². The third kappa shape index (κ3) is 1.65. The van der Waals surface area contributed by atoms with Crippen LogP contribution in [0.3, 0.4) is 0 Å². The summed E-state index contributed by atoms with van der Waals surface area (Å²) in [6.45, 7) is 1.50. The van der Waals surface area contributed by atoms with E-state index in [1.54, 1.807) is 6.07 Å². The van der Waals surface area contributed by atoms with Crippen LogP contribution in [0.25, 0.3) is 0 Å². The molecule has 1 heterocycles. The van der Waals surface area contributed by atoms with E-state index < -0.39 is 0 Å². The zero-order chi connectivity index (χ0) is 10.1. The third-order valence-electron chi connectivity index (χ3n) is 2.94. The van der Waals surface area contributed by atoms with Crippen molar-refractivity contribution in [2.45, 2.75) is 19.0 Å². The summed E-state index contributed by atoms with van der Waals surface area (Å²) < 4.78 is 13.0. The lowest BCUT2D eigenvalue weighted by molar-refractivity contribution is 0.220. The number of likely N-dealkylation sites (N-methyl/N-ethyl adjacent to an activating group) is 1. The molecule has 0 bridgehead atoms. The SMILES string of the molecule is CN1Cc2ccc(F)cc2CC1CN. The minimum Gasteiger partial charge on any atom is -0.329 e. The van der Waals surface area contributed by atoms with E-state index in [-0.39, 0.29) is 5.82 Å². The number of benzene rings is 1. The van der Waals surface area contributed by atoms with E-state index in [1.165, 1.54) is 11.6 Å². The smallest absolute Gasteiger partial charge is 0.123 e. The first kappa shape index (κ1) is 9.62. The summed E-state index contributed by atoms with van der Waals surface area (Å²) in [4.78, 5) is 2.22. The zero-order valence-corrected chi connectivity index (χ0v) is 8.33. The van der Waals surface area contributed by atoms with Crippen LogP contribution < -0.4 is 5.73 Å². The summed E-state index contributed by atoms with van der Waals surface area (Å²) >= 11 is 0. The Labute approximate surface area is 83.5 Å². The molecule has 0 fully saturated rings. The molecule has 0 radical (unpaired) electrons. The van der Waals surface area contributed by atoms with Gasteiger partial charge < -0.3 is 5.73 Å². The van der Waals surface area contributed by atoms with Gasteiger partial charge in [-0.1, -0.05) is 6.07 Å². The Kier molecular flexibility index (Phi) is 2.52. The van der Waals surface area contributed by atoms with Crippen LogP contribution in [-0.2, 0) is 13.0 Å². The molecule has 0 amide bonds. The Morgan fingerprint density at radius 3 is 3.00 bits per heavy atom. The van der Waals surface area contributed by atoms with E-state index >= 15 is 0 Å². The van der Waals surface area contributed by atoms with E-state index in [9.17, 15) is 4.39 Å². The molecule has 2 N–H and O–H groups in total. The first-order valence-electron chi connectivity index (χ1n) is 4.88. The molecule has 1 aromatic rings. The van der Waals surface area contributed by atoms with Crippen molar-refractivity contribution in [3.8, 4) is 0 Å².